The third kappa shape index (κ3) is 6.08. The maximum Gasteiger partial charge on any atom is 0.436 e. The van der Waals surface area contributed by atoms with Gasteiger partial charge < -0.3 is 0 Å². The van der Waals surface area contributed by atoms with Crippen molar-refractivity contribution < 1.29 is 52.7 Å². The number of allylic oxidation sites excluding steroid dienone is 6. The lowest BCUT2D eigenvalue weighted by Crippen LogP contribution is -2.16. The molecule has 0 bridgehead atoms. The van der Waals surface area contributed by atoms with Gasteiger partial charge in [0.1, 0.15) is 6.07 Å². The molecule has 1 heterocycles. The largest absolute Gasteiger partial charge is 0.436 e. The molecule has 1 saturated carbocycles. The summed E-state index contributed by atoms with van der Waals surface area (Å²) in [6, 6.07) is 6.65. The van der Waals surface area contributed by atoms with Crippen LogP contribution >= 0.6 is 0 Å². The molecule has 0 N–H and O–H groups in total. The van der Waals surface area contributed by atoms with Crippen LogP contribution in [0.1, 0.15) is 58.5 Å². The van der Waals surface area contributed by atoms with E-state index in [-0.39, 0.29) is 50.1 Å². The summed E-state index contributed by atoms with van der Waals surface area (Å²) in [5.41, 5.74) is -6.99. The van der Waals surface area contributed by atoms with Crippen LogP contribution in [0.5, 0.6) is 0 Å². The van der Waals surface area contributed by atoms with Gasteiger partial charge in [0.15, 0.2) is 17.3 Å². The van der Waals surface area contributed by atoms with Gasteiger partial charge in [0.05, 0.1) is 22.3 Å². The maximum absolute atomic E-state index is 15.2. The number of alkyl halides is 9. The minimum absolute atomic E-state index is 0.0317. The van der Waals surface area contributed by atoms with E-state index < -0.39 is 64.1 Å². The molecule has 0 radical (unpaired) electrons. The second kappa shape index (κ2) is 11.1. The van der Waals surface area contributed by atoms with Gasteiger partial charge in [-0.15, -0.1) is 0 Å². The van der Waals surface area contributed by atoms with Crippen molar-refractivity contribution in [2.45, 2.75) is 46.2 Å². The smallest absolute Gasteiger partial charge is 0.209 e. The number of aryl methyl sites for hydroxylation is 2. The number of halogens is 12. The molecule has 1 fully saturated rings. The zero-order chi connectivity index (χ0) is 34.0. The van der Waals surface area contributed by atoms with Crippen LogP contribution in [0, 0.1) is 42.8 Å². The first-order valence-electron chi connectivity index (χ1n) is 12.7. The molecule has 14 heteroatoms. The molecule has 2 nitrogen and oxygen atoms in total. The molecule has 0 aliphatic heterocycles. The van der Waals surface area contributed by atoms with Crippen molar-refractivity contribution in [3.05, 3.63) is 115 Å². The Balaban J connectivity index is 2.11. The highest BCUT2D eigenvalue weighted by molar-refractivity contribution is 6.08. The lowest BCUT2D eigenvalue weighted by molar-refractivity contribution is -0.144. The van der Waals surface area contributed by atoms with Gasteiger partial charge in [-0.2, -0.15) is 49.2 Å². The van der Waals surface area contributed by atoms with E-state index in [0.717, 1.165) is 36.4 Å². The molecule has 1 aromatic heterocycles. The van der Waals surface area contributed by atoms with Gasteiger partial charge in [-0.1, -0.05) is 12.1 Å². The third-order valence-corrected chi connectivity index (χ3v) is 7.27. The summed E-state index contributed by atoms with van der Waals surface area (Å²) in [5, 5.41) is 9.96. The Morgan fingerprint density at radius 3 is 1.40 bits per heavy atom. The van der Waals surface area contributed by atoms with Crippen LogP contribution in [0.4, 0.5) is 52.7 Å². The topological polar surface area (TPSA) is 36.7 Å². The number of nitriles is 1. The molecule has 4 rings (SSSR count). The fourth-order valence-electron chi connectivity index (χ4n) is 5.14. The number of hydrogen-bond donors (Lipinski definition) is 0. The summed E-state index contributed by atoms with van der Waals surface area (Å²) in [6.45, 7) is 5.35. The predicted molar refractivity (Wildman–Crippen MR) is 139 cm³/mol. The first-order valence-corrected chi connectivity index (χ1v) is 12.7. The second-order valence-corrected chi connectivity index (χ2v) is 10.2. The van der Waals surface area contributed by atoms with E-state index in [1.165, 1.54) is 33.8 Å². The number of pyridine rings is 1. The normalized spacial score (nSPS) is 17.2. The molecule has 0 unspecified atom stereocenters. The van der Waals surface area contributed by atoms with Gasteiger partial charge in [0.25, 0.3) is 0 Å². The lowest BCUT2D eigenvalue weighted by atomic mass is 9.96. The Bertz CT molecular complexity index is 1790. The number of hydrogen-bond acceptors (Lipinski definition) is 2. The Kier molecular flexibility index (Phi) is 8.24. The number of nitrogens with zero attached hydrogens (tertiary/aromatic N) is 2. The summed E-state index contributed by atoms with van der Waals surface area (Å²) in [7, 11) is 0. The van der Waals surface area contributed by atoms with Crippen molar-refractivity contribution in [1.29, 1.82) is 5.26 Å². The van der Waals surface area contributed by atoms with E-state index in [0.29, 0.717) is 0 Å². The zero-order valence-corrected chi connectivity index (χ0v) is 23.4. The Morgan fingerprint density at radius 1 is 0.644 bits per heavy atom. The monoisotopic (exact) mass is 646 g/mol. The molecule has 0 saturated heterocycles. The van der Waals surface area contributed by atoms with Gasteiger partial charge in [-0.05, 0) is 96.5 Å². The van der Waals surface area contributed by atoms with Crippen LogP contribution in [0.15, 0.2) is 53.1 Å². The van der Waals surface area contributed by atoms with Crippen LogP contribution in [0.25, 0.3) is 16.7 Å². The Morgan fingerprint density at radius 2 is 1.07 bits per heavy atom. The molecule has 3 aromatic rings. The third-order valence-electron chi connectivity index (χ3n) is 7.27. The van der Waals surface area contributed by atoms with Crippen molar-refractivity contribution in [3.63, 3.8) is 0 Å². The quantitative estimate of drug-likeness (QED) is 0.161. The average molecular weight is 646 g/mol. The van der Waals surface area contributed by atoms with Crippen molar-refractivity contribution >= 4 is 16.7 Å². The molecule has 1 aliphatic rings. The summed E-state index contributed by atoms with van der Waals surface area (Å²) < 4.78 is 164. The van der Waals surface area contributed by atoms with Crippen molar-refractivity contribution in [3.8, 4) is 6.07 Å². The standard InChI is InChI=1S/C31H18F12N2/c1-12-9-16(29(35,36)37)5-7-18(12)14(3)21-22(15(4)19-8-6-17(10-13(19)2)30(38,39)40)23(21)20(11-44)24-25(32)27(31(41,42)43)45-28(34)26(24)33/h5-10H,1-4H3/b21-14-,22-15+,23-20?. The van der Waals surface area contributed by atoms with Crippen LogP contribution in [0.3, 0.4) is 0 Å². The fraction of sp³-hybridized carbons (Fsp3) is 0.226. The van der Waals surface area contributed by atoms with E-state index in [1.807, 2.05) is 0 Å². The molecule has 1 aliphatic carbocycles. The van der Waals surface area contributed by atoms with Gasteiger partial charge in [-0.25, -0.2) is 13.8 Å². The van der Waals surface area contributed by atoms with Crippen LogP contribution in [-0.4, -0.2) is 4.98 Å². The minimum atomic E-state index is -5.60. The zero-order valence-electron chi connectivity index (χ0n) is 23.4. The number of rotatable bonds is 3. The van der Waals surface area contributed by atoms with Gasteiger partial charge in [-0.3, -0.25) is 0 Å². The van der Waals surface area contributed by atoms with E-state index in [2.05, 4.69) is 4.98 Å². The van der Waals surface area contributed by atoms with Crippen LogP contribution in [0.2, 0.25) is 0 Å². The summed E-state index contributed by atoms with van der Waals surface area (Å²) in [5.74, 6) is -6.95. The molecule has 0 spiro atoms. The molecule has 0 amide bonds. The van der Waals surface area contributed by atoms with E-state index >= 15 is 4.39 Å². The first-order chi connectivity index (χ1) is 20.6. The van der Waals surface area contributed by atoms with E-state index in [1.54, 1.807) is 0 Å². The van der Waals surface area contributed by atoms with Gasteiger partial charge in [0, 0.05) is 5.57 Å². The first kappa shape index (κ1) is 33.4. The van der Waals surface area contributed by atoms with Crippen LogP contribution in [-0.2, 0) is 18.5 Å². The van der Waals surface area contributed by atoms with Crippen molar-refractivity contribution in [1.82, 2.24) is 4.98 Å². The van der Waals surface area contributed by atoms with Crippen LogP contribution < -0.4 is 0 Å². The second-order valence-electron chi connectivity index (χ2n) is 10.2. The van der Waals surface area contributed by atoms with Crippen molar-refractivity contribution in [2.75, 3.05) is 0 Å². The highest BCUT2D eigenvalue weighted by atomic mass is 19.4. The molecule has 2 aromatic carbocycles. The van der Waals surface area contributed by atoms with E-state index in [4.69, 9.17) is 0 Å². The lowest BCUT2D eigenvalue weighted by Gasteiger charge is -2.12. The summed E-state index contributed by atoms with van der Waals surface area (Å²) >= 11 is 0. The predicted octanol–water partition coefficient (Wildman–Crippen LogP) is 10.4. The minimum Gasteiger partial charge on any atom is -0.209 e. The number of benzene rings is 2. The molecule has 45 heavy (non-hydrogen) atoms. The SMILES string of the molecule is C/C(=C1/C(=C(C#N)c2c(F)c(F)nc(C(F)(F)F)c2F)/C1=C(\C)c1ccc(C(F)(F)F)cc1C)c1ccc(C(F)(F)F)cc1C. The highest BCUT2D eigenvalue weighted by Crippen LogP contribution is 2.57. The molecular weight excluding hydrogens is 628 g/mol. The fourth-order valence-corrected chi connectivity index (χ4v) is 5.14. The molecule has 236 valence electrons. The molecule has 0 atom stereocenters. The maximum atomic E-state index is 15.2. The highest BCUT2D eigenvalue weighted by Gasteiger charge is 2.44. The number of aromatic nitrogens is 1. The summed E-state index contributed by atoms with van der Waals surface area (Å²) in [6.07, 6.45) is -15.0. The average Bonchev–Trinajstić information content (AvgIpc) is 3.65. The Hall–Kier alpha value is -4.54. The van der Waals surface area contributed by atoms with Crippen molar-refractivity contribution in [2.24, 2.45) is 0 Å². The van der Waals surface area contributed by atoms with Gasteiger partial charge >= 0.3 is 18.5 Å². The Labute approximate surface area is 247 Å². The van der Waals surface area contributed by atoms with E-state index in [9.17, 15) is 53.6 Å². The molecular formula is C31H18F12N2. The van der Waals surface area contributed by atoms with Gasteiger partial charge in [0.2, 0.25) is 5.95 Å². The summed E-state index contributed by atoms with van der Waals surface area (Å²) in [4.78, 5) is 2.30.